The molecule has 0 aromatic heterocycles. The van der Waals surface area contributed by atoms with Crippen LogP contribution in [-0.4, -0.2) is 5.84 Å². The Kier molecular flexibility index (Phi) is 3.03. The molecule has 0 aliphatic rings. The highest BCUT2D eigenvalue weighted by molar-refractivity contribution is 5.81. The van der Waals surface area contributed by atoms with Crippen molar-refractivity contribution in [2.45, 2.75) is 20.4 Å². The van der Waals surface area contributed by atoms with E-state index in [-0.39, 0.29) is 0 Å². The van der Waals surface area contributed by atoms with Crippen molar-refractivity contribution >= 4 is 11.5 Å². The van der Waals surface area contributed by atoms with Gasteiger partial charge in [0.15, 0.2) is 0 Å². The molecule has 3 heteroatoms. The summed E-state index contributed by atoms with van der Waals surface area (Å²) >= 11 is 0. The topological polar surface area (TPSA) is 64.4 Å². The van der Waals surface area contributed by atoms with Crippen LogP contribution in [0.5, 0.6) is 0 Å². The molecule has 3 nitrogen and oxygen atoms in total. The second-order valence-corrected chi connectivity index (χ2v) is 3.02. The van der Waals surface area contributed by atoms with Crippen LogP contribution in [0, 0.1) is 6.92 Å². The molecule has 0 aliphatic heterocycles. The van der Waals surface area contributed by atoms with Crippen molar-refractivity contribution in [3.05, 3.63) is 29.3 Å². The number of benzene rings is 1. The van der Waals surface area contributed by atoms with Gasteiger partial charge in [0, 0.05) is 6.54 Å². The van der Waals surface area contributed by atoms with Crippen LogP contribution in [0.25, 0.3) is 0 Å². The lowest BCUT2D eigenvalue weighted by Crippen LogP contribution is -2.05. The molecule has 0 saturated carbocycles. The van der Waals surface area contributed by atoms with Gasteiger partial charge in [-0.2, -0.15) is 0 Å². The summed E-state index contributed by atoms with van der Waals surface area (Å²) in [6.45, 7) is 4.32. The van der Waals surface area contributed by atoms with Crippen LogP contribution in [-0.2, 0) is 6.54 Å². The van der Waals surface area contributed by atoms with Gasteiger partial charge in [0.2, 0.25) is 0 Å². The minimum Gasteiger partial charge on any atom is -0.387 e. The quantitative estimate of drug-likeness (QED) is 0.530. The Morgan fingerprint density at radius 2 is 2.15 bits per heavy atom. The van der Waals surface area contributed by atoms with Crippen LogP contribution >= 0.6 is 0 Å². The fourth-order valence-electron chi connectivity index (χ4n) is 1.20. The summed E-state index contributed by atoms with van der Waals surface area (Å²) in [5, 5.41) is 0. The number of hydrogen-bond acceptors (Lipinski definition) is 2. The number of nitrogens with two attached hydrogens (primary N) is 2. The number of aliphatic imine (C=N–C) groups is 1. The summed E-state index contributed by atoms with van der Waals surface area (Å²) in [7, 11) is 0. The van der Waals surface area contributed by atoms with Crippen LogP contribution < -0.4 is 11.5 Å². The minimum atomic E-state index is 0.540. The Hall–Kier alpha value is -1.35. The van der Waals surface area contributed by atoms with Crippen molar-refractivity contribution in [1.82, 2.24) is 0 Å². The number of rotatable bonds is 2. The van der Waals surface area contributed by atoms with E-state index < -0.39 is 0 Å². The summed E-state index contributed by atoms with van der Waals surface area (Å²) in [6, 6.07) is 5.88. The second kappa shape index (κ2) is 4.05. The van der Waals surface area contributed by atoms with Crippen molar-refractivity contribution in [2.24, 2.45) is 16.5 Å². The van der Waals surface area contributed by atoms with Gasteiger partial charge < -0.3 is 11.5 Å². The van der Waals surface area contributed by atoms with Crippen LogP contribution in [0.3, 0.4) is 0 Å². The molecule has 0 fully saturated rings. The van der Waals surface area contributed by atoms with Crippen molar-refractivity contribution in [1.29, 1.82) is 0 Å². The lowest BCUT2D eigenvalue weighted by Gasteiger charge is -2.05. The van der Waals surface area contributed by atoms with Gasteiger partial charge in [-0.1, -0.05) is 12.1 Å². The van der Waals surface area contributed by atoms with E-state index in [1.807, 2.05) is 25.1 Å². The second-order valence-electron chi connectivity index (χ2n) is 3.02. The third-order valence-corrected chi connectivity index (χ3v) is 1.93. The van der Waals surface area contributed by atoms with Gasteiger partial charge in [-0.15, -0.1) is 0 Å². The third-order valence-electron chi connectivity index (χ3n) is 1.93. The molecule has 70 valence electrons. The molecular formula is C10H15N3. The monoisotopic (exact) mass is 177 g/mol. The van der Waals surface area contributed by atoms with Gasteiger partial charge in [0.25, 0.3) is 0 Å². The smallest absolute Gasteiger partial charge is 0.0965 e. The number of hydrogen-bond donors (Lipinski definition) is 2. The van der Waals surface area contributed by atoms with Crippen molar-refractivity contribution in [2.75, 3.05) is 0 Å². The summed E-state index contributed by atoms with van der Waals surface area (Å²) in [5.41, 5.74) is 14.2. The average Bonchev–Trinajstić information content (AvgIpc) is 2.08. The predicted molar refractivity (Wildman–Crippen MR) is 56.0 cm³/mol. The molecule has 13 heavy (non-hydrogen) atoms. The van der Waals surface area contributed by atoms with Crippen molar-refractivity contribution < 1.29 is 0 Å². The lowest BCUT2D eigenvalue weighted by molar-refractivity contribution is 1.05. The van der Waals surface area contributed by atoms with E-state index in [1.54, 1.807) is 6.92 Å². The molecule has 0 bridgehead atoms. The first kappa shape index (κ1) is 9.74. The fraction of sp³-hybridized carbons (Fsp3) is 0.300. The maximum absolute atomic E-state index is 5.57. The Morgan fingerprint density at radius 1 is 1.46 bits per heavy atom. The molecule has 0 atom stereocenters. The average molecular weight is 177 g/mol. The Labute approximate surface area is 78.5 Å². The zero-order valence-electron chi connectivity index (χ0n) is 8.04. The zero-order chi connectivity index (χ0) is 9.84. The normalized spacial score (nSPS) is 11.8. The molecule has 0 amide bonds. The van der Waals surface area contributed by atoms with Gasteiger partial charge in [0.05, 0.1) is 11.5 Å². The standard InChI is InChI=1S/C10H15N3/c1-7-9(6-11)4-3-5-10(7)13-8(2)12/h3-5H,6,11H2,1-2H3,(H2,12,13). The molecule has 0 radical (unpaired) electrons. The first-order chi connectivity index (χ1) is 6.15. The summed E-state index contributed by atoms with van der Waals surface area (Å²) in [4.78, 5) is 4.21. The molecular weight excluding hydrogens is 162 g/mol. The van der Waals surface area contributed by atoms with Crippen LogP contribution in [0.1, 0.15) is 18.1 Å². The van der Waals surface area contributed by atoms with E-state index in [9.17, 15) is 0 Å². The Balaban J connectivity index is 3.16. The van der Waals surface area contributed by atoms with E-state index in [1.165, 1.54) is 0 Å². The van der Waals surface area contributed by atoms with Gasteiger partial charge in [-0.25, -0.2) is 4.99 Å². The molecule has 1 rings (SSSR count). The first-order valence-corrected chi connectivity index (χ1v) is 4.24. The minimum absolute atomic E-state index is 0.540. The molecule has 1 aromatic carbocycles. The summed E-state index contributed by atoms with van der Waals surface area (Å²) in [5.74, 6) is 0.567. The van der Waals surface area contributed by atoms with E-state index in [0.29, 0.717) is 12.4 Å². The fourth-order valence-corrected chi connectivity index (χ4v) is 1.20. The molecule has 0 heterocycles. The van der Waals surface area contributed by atoms with E-state index in [2.05, 4.69) is 4.99 Å². The highest BCUT2D eigenvalue weighted by Gasteiger charge is 2.00. The van der Waals surface area contributed by atoms with Crippen LogP contribution in [0.15, 0.2) is 23.2 Å². The maximum atomic E-state index is 5.57. The Morgan fingerprint density at radius 3 is 2.69 bits per heavy atom. The van der Waals surface area contributed by atoms with Crippen LogP contribution in [0.2, 0.25) is 0 Å². The van der Waals surface area contributed by atoms with Gasteiger partial charge >= 0.3 is 0 Å². The highest BCUT2D eigenvalue weighted by atomic mass is 14.8. The predicted octanol–water partition coefficient (Wildman–Crippen LogP) is 1.46. The molecule has 4 N–H and O–H groups in total. The molecule has 0 unspecified atom stereocenters. The van der Waals surface area contributed by atoms with Gasteiger partial charge in [-0.3, -0.25) is 0 Å². The summed E-state index contributed by atoms with van der Waals surface area (Å²) < 4.78 is 0. The van der Waals surface area contributed by atoms with Crippen molar-refractivity contribution in [3.8, 4) is 0 Å². The lowest BCUT2D eigenvalue weighted by atomic mass is 10.1. The molecule has 0 saturated heterocycles. The third kappa shape index (κ3) is 2.29. The molecule has 0 spiro atoms. The number of amidine groups is 1. The first-order valence-electron chi connectivity index (χ1n) is 4.24. The Bertz CT molecular complexity index is 325. The van der Waals surface area contributed by atoms with E-state index in [4.69, 9.17) is 11.5 Å². The van der Waals surface area contributed by atoms with Gasteiger partial charge in [-0.05, 0) is 31.0 Å². The van der Waals surface area contributed by atoms with Gasteiger partial charge in [0.1, 0.15) is 0 Å². The number of nitrogens with zero attached hydrogens (tertiary/aromatic N) is 1. The van der Waals surface area contributed by atoms with Crippen molar-refractivity contribution in [3.63, 3.8) is 0 Å². The maximum Gasteiger partial charge on any atom is 0.0965 e. The zero-order valence-corrected chi connectivity index (χ0v) is 8.04. The van der Waals surface area contributed by atoms with E-state index >= 15 is 0 Å². The van der Waals surface area contributed by atoms with E-state index in [0.717, 1.165) is 16.8 Å². The summed E-state index contributed by atoms with van der Waals surface area (Å²) in [6.07, 6.45) is 0. The molecule has 1 aromatic rings. The molecule has 0 aliphatic carbocycles. The SMILES string of the molecule is CC(N)=Nc1cccc(CN)c1C. The largest absolute Gasteiger partial charge is 0.387 e. The highest BCUT2D eigenvalue weighted by Crippen LogP contribution is 2.21. The van der Waals surface area contributed by atoms with Crippen LogP contribution in [0.4, 0.5) is 5.69 Å².